The SMILES string of the molecule is NC(N)=NC(=O)OCc1cccc(N2CC(Oc3ccncc3)C2)c1F. The van der Waals surface area contributed by atoms with Gasteiger partial charge in [-0.25, -0.2) is 9.18 Å². The zero-order chi connectivity index (χ0) is 18.5. The number of nitrogens with zero attached hydrogens (tertiary/aromatic N) is 3. The minimum absolute atomic E-state index is 0.0276. The molecule has 2 aromatic rings. The maximum absolute atomic E-state index is 14.6. The molecule has 1 saturated heterocycles. The predicted octanol–water partition coefficient (Wildman–Crippen LogP) is 1.40. The summed E-state index contributed by atoms with van der Waals surface area (Å²) in [7, 11) is 0. The molecule has 1 aromatic carbocycles. The molecule has 4 N–H and O–H groups in total. The van der Waals surface area contributed by atoms with Crippen molar-refractivity contribution >= 4 is 17.7 Å². The maximum Gasteiger partial charge on any atom is 0.437 e. The Balaban J connectivity index is 1.58. The van der Waals surface area contributed by atoms with Crippen LogP contribution in [0.2, 0.25) is 0 Å². The Bertz CT molecular complexity index is 805. The average molecular weight is 359 g/mol. The molecule has 0 spiro atoms. The molecular formula is C17H18FN5O3. The lowest BCUT2D eigenvalue weighted by atomic mass is 10.1. The number of hydrogen-bond acceptors (Lipinski definition) is 5. The van der Waals surface area contributed by atoms with E-state index in [9.17, 15) is 9.18 Å². The molecule has 0 unspecified atom stereocenters. The summed E-state index contributed by atoms with van der Waals surface area (Å²) in [5.74, 6) is -0.136. The highest BCUT2D eigenvalue weighted by Gasteiger charge is 2.31. The summed E-state index contributed by atoms with van der Waals surface area (Å²) in [5.41, 5.74) is 10.8. The van der Waals surface area contributed by atoms with Crippen molar-refractivity contribution in [3.8, 4) is 5.75 Å². The molecule has 1 aliphatic rings. The number of carbonyl (C=O) groups excluding carboxylic acids is 1. The minimum atomic E-state index is -0.968. The molecule has 2 heterocycles. The van der Waals surface area contributed by atoms with Crippen molar-refractivity contribution < 1.29 is 18.7 Å². The molecule has 1 aliphatic heterocycles. The molecule has 1 fully saturated rings. The van der Waals surface area contributed by atoms with Crippen molar-refractivity contribution in [3.63, 3.8) is 0 Å². The van der Waals surface area contributed by atoms with Gasteiger partial charge in [0.25, 0.3) is 0 Å². The first-order chi connectivity index (χ1) is 12.5. The average Bonchev–Trinajstić information content (AvgIpc) is 2.58. The molecule has 1 aromatic heterocycles. The van der Waals surface area contributed by atoms with E-state index in [0.29, 0.717) is 18.8 Å². The summed E-state index contributed by atoms with van der Waals surface area (Å²) in [6.45, 7) is 0.840. The fourth-order valence-electron chi connectivity index (χ4n) is 2.52. The zero-order valence-electron chi connectivity index (χ0n) is 13.8. The van der Waals surface area contributed by atoms with Crippen LogP contribution in [-0.2, 0) is 11.3 Å². The summed E-state index contributed by atoms with van der Waals surface area (Å²) in [4.78, 5) is 20.3. The molecule has 8 nitrogen and oxygen atoms in total. The highest BCUT2D eigenvalue weighted by atomic mass is 19.1. The Morgan fingerprint density at radius 3 is 2.69 bits per heavy atom. The molecular weight excluding hydrogens is 341 g/mol. The number of aliphatic imine (C=N–C) groups is 1. The number of rotatable bonds is 5. The number of guanidine groups is 1. The number of anilines is 1. The van der Waals surface area contributed by atoms with Gasteiger partial charge < -0.3 is 25.8 Å². The van der Waals surface area contributed by atoms with E-state index in [1.807, 2.05) is 4.90 Å². The van der Waals surface area contributed by atoms with Crippen LogP contribution in [0, 0.1) is 5.82 Å². The van der Waals surface area contributed by atoms with Crippen molar-refractivity contribution in [2.45, 2.75) is 12.7 Å². The van der Waals surface area contributed by atoms with E-state index in [1.54, 1.807) is 36.7 Å². The van der Waals surface area contributed by atoms with E-state index in [0.717, 1.165) is 5.75 Å². The van der Waals surface area contributed by atoms with E-state index >= 15 is 0 Å². The van der Waals surface area contributed by atoms with Gasteiger partial charge in [-0.15, -0.1) is 4.99 Å². The lowest BCUT2D eigenvalue weighted by Crippen LogP contribution is -2.54. The summed E-state index contributed by atoms with van der Waals surface area (Å²) in [6.07, 6.45) is 2.31. The topological polar surface area (TPSA) is 116 Å². The predicted molar refractivity (Wildman–Crippen MR) is 93.3 cm³/mol. The number of hydrogen-bond donors (Lipinski definition) is 2. The third-order valence-corrected chi connectivity index (χ3v) is 3.77. The number of ether oxygens (including phenoxy) is 2. The fraction of sp³-hybridized carbons (Fsp3) is 0.235. The van der Waals surface area contributed by atoms with Crippen LogP contribution in [0.15, 0.2) is 47.7 Å². The van der Waals surface area contributed by atoms with Crippen molar-refractivity contribution in [3.05, 3.63) is 54.1 Å². The number of carbonyl (C=O) groups is 1. The largest absolute Gasteiger partial charge is 0.487 e. The molecule has 1 amide bonds. The molecule has 0 radical (unpaired) electrons. The monoisotopic (exact) mass is 359 g/mol. The van der Waals surface area contributed by atoms with Crippen molar-refractivity contribution in [2.24, 2.45) is 16.5 Å². The van der Waals surface area contributed by atoms with Gasteiger partial charge in [-0.2, -0.15) is 0 Å². The molecule has 0 bridgehead atoms. The van der Waals surface area contributed by atoms with Gasteiger partial charge in [0, 0.05) is 18.0 Å². The standard InChI is InChI=1S/C17H18FN5O3/c18-15-11(10-25-17(24)22-16(19)20)2-1-3-14(15)23-8-13(9-23)26-12-4-6-21-7-5-12/h1-7,13H,8-10H2,(H4,19,20,22,24). The molecule has 0 saturated carbocycles. The van der Waals surface area contributed by atoms with Crippen LogP contribution in [0.25, 0.3) is 0 Å². The third kappa shape index (κ3) is 4.18. The number of amides is 1. The van der Waals surface area contributed by atoms with Gasteiger partial charge in [-0.05, 0) is 18.2 Å². The van der Waals surface area contributed by atoms with Gasteiger partial charge in [0.2, 0.25) is 0 Å². The molecule has 3 rings (SSSR count). The second-order valence-corrected chi connectivity index (χ2v) is 5.67. The van der Waals surface area contributed by atoms with Crippen LogP contribution in [0.4, 0.5) is 14.9 Å². The summed E-state index contributed by atoms with van der Waals surface area (Å²) >= 11 is 0. The Labute approximate surface area is 149 Å². The Morgan fingerprint density at radius 2 is 2.00 bits per heavy atom. The Hall–Kier alpha value is -3.36. The second-order valence-electron chi connectivity index (χ2n) is 5.67. The van der Waals surface area contributed by atoms with Crippen LogP contribution in [0.5, 0.6) is 5.75 Å². The molecule has 136 valence electrons. The lowest BCUT2D eigenvalue weighted by Gasteiger charge is -2.40. The van der Waals surface area contributed by atoms with Crippen molar-refractivity contribution in [2.75, 3.05) is 18.0 Å². The number of halogens is 1. The summed E-state index contributed by atoms with van der Waals surface area (Å²) in [6, 6.07) is 8.44. The molecule has 0 atom stereocenters. The van der Waals surface area contributed by atoms with Crippen LogP contribution in [-0.4, -0.2) is 36.2 Å². The van der Waals surface area contributed by atoms with Crippen LogP contribution in [0.3, 0.4) is 0 Å². The number of nitrogens with two attached hydrogens (primary N) is 2. The number of aromatic nitrogens is 1. The molecule has 0 aliphatic carbocycles. The summed E-state index contributed by atoms with van der Waals surface area (Å²) in [5, 5.41) is 0. The van der Waals surface area contributed by atoms with Crippen LogP contribution in [0.1, 0.15) is 5.56 Å². The van der Waals surface area contributed by atoms with Gasteiger partial charge in [0.1, 0.15) is 18.5 Å². The van der Waals surface area contributed by atoms with E-state index in [1.165, 1.54) is 6.07 Å². The molecule has 26 heavy (non-hydrogen) atoms. The van der Waals surface area contributed by atoms with E-state index in [-0.39, 0.29) is 18.3 Å². The van der Waals surface area contributed by atoms with Gasteiger partial charge in [0.15, 0.2) is 11.8 Å². The first kappa shape index (κ1) is 17.5. The fourth-order valence-corrected chi connectivity index (χ4v) is 2.52. The van der Waals surface area contributed by atoms with Gasteiger partial charge in [-0.3, -0.25) is 4.98 Å². The maximum atomic E-state index is 14.6. The van der Waals surface area contributed by atoms with Crippen molar-refractivity contribution in [1.82, 2.24) is 4.98 Å². The quantitative estimate of drug-likeness (QED) is 0.612. The van der Waals surface area contributed by atoms with E-state index < -0.39 is 17.9 Å². The zero-order valence-corrected chi connectivity index (χ0v) is 13.8. The molecule has 9 heteroatoms. The van der Waals surface area contributed by atoms with Crippen molar-refractivity contribution in [1.29, 1.82) is 0 Å². The number of benzene rings is 1. The lowest BCUT2D eigenvalue weighted by molar-refractivity contribution is 0.149. The Kier molecular flexibility index (Phi) is 5.16. The van der Waals surface area contributed by atoms with E-state index in [2.05, 4.69) is 9.98 Å². The Morgan fingerprint density at radius 1 is 1.27 bits per heavy atom. The first-order valence-electron chi connectivity index (χ1n) is 7.88. The van der Waals surface area contributed by atoms with Crippen LogP contribution < -0.4 is 21.1 Å². The summed E-state index contributed by atoms with van der Waals surface area (Å²) < 4.78 is 25.3. The second kappa shape index (κ2) is 7.68. The smallest absolute Gasteiger partial charge is 0.437 e. The number of pyridine rings is 1. The first-order valence-corrected chi connectivity index (χ1v) is 7.88. The van der Waals surface area contributed by atoms with E-state index in [4.69, 9.17) is 20.9 Å². The highest BCUT2D eigenvalue weighted by Crippen LogP contribution is 2.28. The normalized spacial score (nSPS) is 13.7. The van der Waals surface area contributed by atoms with Crippen LogP contribution >= 0.6 is 0 Å². The third-order valence-electron chi connectivity index (χ3n) is 3.77. The van der Waals surface area contributed by atoms with Gasteiger partial charge >= 0.3 is 6.09 Å². The highest BCUT2D eigenvalue weighted by molar-refractivity contribution is 5.87. The minimum Gasteiger partial charge on any atom is -0.487 e. The van der Waals surface area contributed by atoms with Gasteiger partial charge in [0.05, 0.1) is 18.8 Å². The van der Waals surface area contributed by atoms with Gasteiger partial charge in [-0.1, -0.05) is 12.1 Å².